The number of benzene rings is 1. The Bertz CT molecular complexity index is 793. The highest BCUT2D eigenvalue weighted by atomic mass is 16.6. The summed E-state index contributed by atoms with van der Waals surface area (Å²) in [5.41, 5.74) is 0.613. The van der Waals surface area contributed by atoms with Gasteiger partial charge in [0, 0.05) is 24.1 Å². The summed E-state index contributed by atoms with van der Waals surface area (Å²) in [6.07, 6.45) is 0.691. The van der Waals surface area contributed by atoms with Crippen molar-refractivity contribution in [2.45, 2.75) is 19.9 Å². The minimum absolute atomic E-state index is 0.00441. The lowest BCUT2D eigenvalue weighted by Gasteiger charge is -1.98. The standard InChI is InChI=1S/C12H11N7O3/c1-2-10-13-16-17-18(10)7-11-14-15-12(22-11)8-3-5-9(6-4-8)19(20)21/h3-6H,2,7H2,1H3. The zero-order valence-electron chi connectivity index (χ0n) is 11.6. The largest absolute Gasteiger partial charge is 0.419 e. The summed E-state index contributed by atoms with van der Waals surface area (Å²) in [6.45, 7) is 2.22. The van der Waals surface area contributed by atoms with Gasteiger partial charge >= 0.3 is 0 Å². The van der Waals surface area contributed by atoms with E-state index in [1.165, 1.54) is 12.1 Å². The molecule has 0 unspecified atom stereocenters. The normalized spacial score (nSPS) is 10.8. The summed E-state index contributed by atoms with van der Waals surface area (Å²) in [5.74, 6) is 1.36. The van der Waals surface area contributed by atoms with Crippen LogP contribution in [0.4, 0.5) is 5.69 Å². The lowest BCUT2D eigenvalue weighted by atomic mass is 10.2. The van der Waals surface area contributed by atoms with Crippen LogP contribution < -0.4 is 0 Å². The van der Waals surface area contributed by atoms with E-state index in [1.807, 2.05) is 6.92 Å². The van der Waals surface area contributed by atoms with E-state index in [2.05, 4.69) is 25.7 Å². The minimum atomic E-state index is -0.465. The predicted molar refractivity (Wildman–Crippen MR) is 72.7 cm³/mol. The van der Waals surface area contributed by atoms with E-state index >= 15 is 0 Å². The molecule has 10 heteroatoms. The van der Waals surface area contributed by atoms with Crippen LogP contribution in [0.1, 0.15) is 18.6 Å². The van der Waals surface area contributed by atoms with Gasteiger partial charge in [-0.1, -0.05) is 6.92 Å². The van der Waals surface area contributed by atoms with Gasteiger partial charge in [0.05, 0.1) is 4.92 Å². The van der Waals surface area contributed by atoms with Crippen LogP contribution in [0, 0.1) is 10.1 Å². The first-order valence-corrected chi connectivity index (χ1v) is 6.49. The maximum Gasteiger partial charge on any atom is 0.269 e. The van der Waals surface area contributed by atoms with Gasteiger partial charge in [-0.05, 0) is 22.6 Å². The molecule has 0 spiro atoms. The fraction of sp³-hybridized carbons (Fsp3) is 0.250. The lowest BCUT2D eigenvalue weighted by molar-refractivity contribution is -0.384. The third-order valence-electron chi connectivity index (χ3n) is 3.00. The molecule has 2 aromatic heterocycles. The summed E-state index contributed by atoms with van der Waals surface area (Å²) in [6, 6.07) is 5.89. The number of non-ortho nitro benzene ring substituents is 1. The smallest absolute Gasteiger partial charge is 0.269 e. The van der Waals surface area contributed by atoms with Gasteiger partial charge < -0.3 is 4.42 Å². The molecule has 2 heterocycles. The topological polar surface area (TPSA) is 126 Å². The Morgan fingerprint density at radius 1 is 1.23 bits per heavy atom. The van der Waals surface area contributed by atoms with Crippen LogP contribution in [0.5, 0.6) is 0 Å². The van der Waals surface area contributed by atoms with Crippen LogP contribution >= 0.6 is 0 Å². The second-order valence-electron chi connectivity index (χ2n) is 4.41. The molecular formula is C12H11N7O3. The highest BCUT2D eigenvalue weighted by Gasteiger charge is 2.13. The molecular weight excluding hydrogens is 290 g/mol. The maximum atomic E-state index is 10.6. The van der Waals surface area contributed by atoms with Gasteiger partial charge in [-0.2, -0.15) is 0 Å². The molecule has 0 bridgehead atoms. The van der Waals surface area contributed by atoms with Gasteiger partial charge in [0.15, 0.2) is 5.82 Å². The van der Waals surface area contributed by atoms with E-state index < -0.39 is 4.92 Å². The zero-order chi connectivity index (χ0) is 15.5. The van der Waals surface area contributed by atoms with E-state index in [-0.39, 0.29) is 18.1 Å². The van der Waals surface area contributed by atoms with Gasteiger partial charge in [-0.15, -0.1) is 15.3 Å². The third kappa shape index (κ3) is 2.66. The monoisotopic (exact) mass is 301 g/mol. The number of rotatable bonds is 5. The molecule has 0 saturated heterocycles. The predicted octanol–water partition coefficient (Wildman–Crippen LogP) is 1.24. The maximum absolute atomic E-state index is 10.6. The van der Waals surface area contributed by atoms with Crippen molar-refractivity contribution in [3.8, 4) is 11.5 Å². The van der Waals surface area contributed by atoms with Crippen LogP contribution in [-0.4, -0.2) is 35.3 Å². The Balaban J connectivity index is 1.80. The molecule has 1 aromatic carbocycles. The van der Waals surface area contributed by atoms with Crippen molar-refractivity contribution < 1.29 is 9.34 Å². The fourth-order valence-corrected chi connectivity index (χ4v) is 1.89. The van der Waals surface area contributed by atoms with Crippen LogP contribution in [0.3, 0.4) is 0 Å². The molecule has 22 heavy (non-hydrogen) atoms. The second kappa shape index (κ2) is 5.68. The Morgan fingerprint density at radius 3 is 2.68 bits per heavy atom. The minimum Gasteiger partial charge on any atom is -0.419 e. The van der Waals surface area contributed by atoms with Crippen molar-refractivity contribution in [1.29, 1.82) is 0 Å². The van der Waals surface area contributed by atoms with Crippen molar-refractivity contribution in [1.82, 2.24) is 30.4 Å². The molecule has 0 radical (unpaired) electrons. The van der Waals surface area contributed by atoms with Gasteiger partial charge in [0.25, 0.3) is 5.69 Å². The van der Waals surface area contributed by atoms with Crippen LogP contribution in [-0.2, 0) is 13.0 Å². The first-order valence-electron chi connectivity index (χ1n) is 6.49. The molecule has 0 fully saturated rings. The molecule has 112 valence electrons. The number of aromatic nitrogens is 6. The Hall–Kier alpha value is -3.17. The molecule has 10 nitrogen and oxygen atoms in total. The van der Waals surface area contributed by atoms with Crippen LogP contribution in [0.25, 0.3) is 11.5 Å². The van der Waals surface area contributed by atoms with Crippen LogP contribution in [0.15, 0.2) is 28.7 Å². The lowest BCUT2D eigenvalue weighted by Crippen LogP contribution is -2.06. The average Bonchev–Trinajstić information content (AvgIpc) is 3.17. The Labute approximate surface area is 123 Å². The number of hydrogen-bond donors (Lipinski definition) is 0. The molecule has 0 amide bonds. The summed E-state index contributed by atoms with van der Waals surface area (Å²) >= 11 is 0. The molecule has 3 rings (SSSR count). The fourth-order valence-electron chi connectivity index (χ4n) is 1.89. The quantitative estimate of drug-likeness (QED) is 0.509. The third-order valence-corrected chi connectivity index (χ3v) is 3.00. The number of nitro groups is 1. The van der Waals surface area contributed by atoms with E-state index in [0.717, 1.165) is 5.82 Å². The van der Waals surface area contributed by atoms with Crippen molar-refractivity contribution >= 4 is 5.69 Å². The van der Waals surface area contributed by atoms with Crippen molar-refractivity contribution in [2.24, 2.45) is 0 Å². The number of nitro benzene ring substituents is 1. The highest BCUT2D eigenvalue weighted by Crippen LogP contribution is 2.21. The van der Waals surface area contributed by atoms with Gasteiger partial charge in [0.2, 0.25) is 11.8 Å². The van der Waals surface area contributed by atoms with Gasteiger partial charge in [-0.25, -0.2) is 4.68 Å². The number of aryl methyl sites for hydroxylation is 1. The van der Waals surface area contributed by atoms with E-state index in [4.69, 9.17) is 4.42 Å². The molecule has 0 saturated carbocycles. The van der Waals surface area contributed by atoms with Crippen LogP contribution in [0.2, 0.25) is 0 Å². The Morgan fingerprint density at radius 2 is 2.00 bits per heavy atom. The van der Waals surface area contributed by atoms with E-state index in [0.29, 0.717) is 17.9 Å². The van der Waals surface area contributed by atoms with Crippen molar-refractivity contribution in [3.63, 3.8) is 0 Å². The number of nitrogens with zero attached hydrogens (tertiary/aromatic N) is 7. The summed E-state index contributed by atoms with van der Waals surface area (Å²) in [7, 11) is 0. The SMILES string of the molecule is CCc1nnnn1Cc1nnc(-c2ccc([N+](=O)[O-])cc2)o1. The summed E-state index contributed by atoms with van der Waals surface area (Å²) in [5, 5.41) is 29.8. The summed E-state index contributed by atoms with van der Waals surface area (Å²) in [4.78, 5) is 10.2. The Kier molecular flexibility index (Phi) is 3.56. The summed E-state index contributed by atoms with van der Waals surface area (Å²) < 4.78 is 7.11. The van der Waals surface area contributed by atoms with Crippen molar-refractivity contribution in [3.05, 3.63) is 46.1 Å². The molecule has 0 aliphatic heterocycles. The van der Waals surface area contributed by atoms with Gasteiger partial charge in [0.1, 0.15) is 6.54 Å². The van der Waals surface area contributed by atoms with Gasteiger partial charge in [-0.3, -0.25) is 10.1 Å². The highest BCUT2D eigenvalue weighted by molar-refractivity contribution is 5.55. The second-order valence-corrected chi connectivity index (χ2v) is 4.41. The van der Waals surface area contributed by atoms with Crippen molar-refractivity contribution in [2.75, 3.05) is 0 Å². The average molecular weight is 301 g/mol. The number of hydrogen-bond acceptors (Lipinski definition) is 8. The molecule has 0 aliphatic carbocycles. The van der Waals surface area contributed by atoms with E-state index in [1.54, 1.807) is 16.8 Å². The molecule has 0 aliphatic rings. The first-order chi connectivity index (χ1) is 10.7. The first kappa shape index (κ1) is 13.8. The number of tetrazole rings is 1. The molecule has 0 N–H and O–H groups in total. The molecule has 3 aromatic rings. The van der Waals surface area contributed by atoms with E-state index in [9.17, 15) is 10.1 Å². The zero-order valence-corrected chi connectivity index (χ0v) is 11.6. The molecule has 0 atom stereocenters.